The molecule has 2 heteroatoms. The van der Waals surface area contributed by atoms with E-state index in [2.05, 4.69) is 37.3 Å². The van der Waals surface area contributed by atoms with E-state index in [1.807, 2.05) is 12.1 Å². The normalized spacial score (nSPS) is 20.7. The molecule has 0 radical (unpaired) electrons. The van der Waals surface area contributed by atoms with Crippen molar-refractivity contribution in [1.82, 2.24) is 0 Å². The van der Waals surface area contributed by atoms with Gasteiger partial charge in [-0.15, -0.1) is 0 Å². The van der Waals surface area contributed by atoms with Gasteiger partial charge in [0.1, 0.15) is 0 Å². The summed E-state index contributed by atoms with van der Waals surface area (Å²) >= 11 is 12.3. The number of benzene rings is 2. The van der Waals surface area contributed by atoms with E-state index in [9.17, 15) is 0 Å². The highest BCUT2D eigenvalue weighted by Gasteiger charge is 2.27. The molecule has 22 heavy (non-hydrogen) atoms. The van der Waals surface area contributed by atoms with Gasteiger partial charge in [0.15, 0.2) is 0 Å². The summed E-state index contributed by atoms with van der Waals surface area (Å²) in [5.41, 5.74) is 4.31. The number of fused-ring (bicyclic) bond motifs is 1. The van der Waals surface area contributed by atoms with Crippen molar-refractivity contribution < 1.29 is 0 Å². The van der Waals surface area contributed by atoms with Crippen LogP contribution in [0.4, 0.5) is 0 Å². The Morgan fingerprint density at radius 1 is 0.955 bits per heavy atom. The number of halogens is 2. The van der Waals surface area contributed by atoms with E-state index in [0.29, 0.717) is 16.0 Å². The summed E-state index contributed by atoms with van der Waals surface area (Å²) in [5.74, 6) is 1.17. The zero-order valence-electron chi connectivity index (χ0n) is 13.0. The Balaban J connectivity index is 1.95. The smallest absolute Gasteiger partial charge is 0.0595 e. The summed E-state index contributed by atoms with van der Waals surface area (Å²) in [6.45, 7) is 2.27. The molecule has 0 aromatic heterocycles. The van der Waals surface area contributed by atoms with Gasteiger partial charge in [-0.2, -0.15) is 0 Å². The first-order valence-electron chi connectivity index (χ1n) is 8.24. The summed E-state index contributed by atoms with van der Waals surface area (Å²) in [6, 6.07) is 15.0. The highest BCUT2D eigenvalue weighted by atomic mass is 35.5. The van der Waals surface area contributed by atoms with Gasteiger partial charge >= 0.3 is 0 Å². The second kappa shape index (κ2) is 7.06. The fraction of sp³-hybridized carbons (Fsp3) is 0.400. The molecule has 116 valence electrons. The first-order chi connectivity index (χ1) is 10.7. The van der Waals surface area contributed by atoms with Crippen molar-refractivity contribution in [2.24, 2.45) is 0 Å². The SMILES string of the molecule is CCCCC1CC[C@@H](c2ccc(Cl)c(Cl)c2)c2ccccc21. The molecule has 0 spiro atoms. The van der Waals surface area contributed by atoms with Crippen molar-refractivity contribution in [2.45, 2.75) is 50.9 Å². The minimum Gasteiger partial charge on any atom is -0.0827 e. The van der Waals surface area contributed by atoms with Gasteiger partial charge in [0, 0.05) is 5.92 Å². The standard InChI is InChI=1S/C20H22Cl2/c1-2-3-6-14-9-11-17(18-8-5-4-7-16(14)18)15-10-12-19(21)20(22)13-15/h4-5,7-8,10,12-14,17H,2-3,6,9,11H2,1H3/t14?,17-/m0/s1. The van der Waals surface area contributed by atoms with E-state index in [1.165, 1.54) is 43.2 Å². The Morgan fingerprint density at radius 2 is 1.73 bits per heavy atom. The van der Waals surface area contributed by atoms with Gasteiger partial charge in [-0.25, -0.2) is 0 Å². The Labute approximate surface area is 143 Å². The summed E-state index contributed by atoms with van der Waals surface area (Å²) in [4.78, 5) is 0. The van der Waals surface area contributed by atoms with Crippen LogP contribution in [0, 0.1) is 0 Å². The van der Waals surface area contributed by atoms with Gasteiger partial charge in [-0.05, 0) is 54.0 Å². The maximum Gasteiger partial charge on any atom is 0.0595 e. The molecule has 0 amide bonds. The fourth-order valence-electron chi connectivity index (χ4n) is 3.70. The van der Waals surface area contributed by atoms with Gasteiger partial charge in [-0.3, -0.25) is 0 Å². The number of hydrogen-bond acceptors (Lipinski definition) is 0. The Bertz CT molecular complexity index is 648. The molecule has 2 aromatic rings. The molecule has 0 fully saturated rings. The lowest BCUT2D eigenvalue weighted by Gasteiger charge is -2.32. The third-order valence-corrected chi connectivity index (χ3v) is 5.61. The second-order valence-electron chi connectivity index (χ2n) is 6.27. The summed E-state index contributed by atoms with van der Waals surface area (Å²) in [7, 11) is 0. The molecule has 3 rings (SSSR count). The molecule has 0 saturated carbocycles. The van der Waals surface area contributed by atoms with E-state index >= 15 is 0 Å². The van der Waals surface area contributed by atoms with Crippen molar-refractivity contribution in [2.75, 3.05) is 0 Å². The van der Waals surface area contributed by atoms with Crippen LogP contribution in [0.3, 0.4) is 0 Å². The van der Waals surface area contributed by atoms with E-state index in [-0.39, 0.29) is 0 Å². The molecule has 2 atom stereocenters. The predicted octanol–water partition coefficient (Wildman–Crippen LogP) is 7.19. The van der Waals surface area contributed by atoms with Crippen LogP contribution in [-0.4, -0.2) is 0 Å². The van der Waals surface area contributed by atoms with E-state index < -0.39 is 0 Å². The third kappa shape index (κ3) is 3.19. The molecule has 0 heterocycles. The minimum absolute atomic E-state index is 0.448. The molecule has 0 saturated heterocycles. The van der Waals surface area contributed by atoms with Crippen molar-refractivity contribution in [3.63, 3.8) is 0 Å². The summed E-state index contributed by atoms with van der Waals surface area (Å²) in [5, 5.41) is 1.29. The summed E-state index contributed by atoms with van der Waals surface area (Å²) in [6.07, 6.45) is 6.36. The molecule has 0 N–H and O–H groups in total. The van der Waals surface area contributed by atoms with E-state index in [4.69, 9.17) is 23.2 Å². The van der Waals surface area contributed by atoms with Crippen molar-refractivity contribution in [3.8, 4) is 0 Å². The highest BCUT2D eigenvalue weighted by molar-refractivity contribution is 6.42. The van der Waals surface area contributed by atoms with Gasteiger partial charge in [0.25, 0.3) is 0 Å². The molecule has 2 aromatic carbocycles. The molecule has 1 aliphatic carbocycles. The average molecular weight is 333 g/mol. The Hall–Kier alpha value is -0.980. The molecular formula is C20H22Cl2. The van der Waals surface area contributed by atoms with Crippen LogP contribution in [0.1, 0.15) is 67.6 Å². The molecule has 0 aliphatic heterocycles. The maximum absolute atomic E-state index is 6.23. The molecular weight excluding hydrogens is 311 g/mol. The zero-order valence-corrected chi connectivity index (χ0v) is 14.5. The first kappa shape index (κ1) is 15.9. The van der Waals surface area contributed by atoms with Crippen LogP contribution >= 0.6 is 23.2 Å². The lowest BCUT2D eigenvalue weighted by atomic mass is 9.72. The van der Waals surface area contributed by atoms with Crippen LogP contribution in [0.2, 0.25) is 10.0 Å². The molecule has 0 bridgehead atoms. The van der Waals surface area contributed by atoms with Crippen LogP contribution in [-0.2, 0) is 0 Å². The Morgan fingerprint density at radius 3 is 2.45 bits per heavy atom. The molecule has 1 aliphatic rings. The highest BCUT2D eigenvalue weighted by Crippen LogP contribution is 2.44. The molecule has 1 unspecified atom stereocenters. The van der Waals surface area contributed by atoms with Gasteiger partial charge in [0.2, 0.25) is 0 Å². The Kier molecular flexibility index (Phi) is 5.10. The van der Waals surface area contributed by atoms with Crippen LogP contribution < -0.4 is 0 Å². The minimum atomic E-state index is 0.448. The van der Waals surface area contributed by atoms with Crippen LogP contribution in [0.5, 0.6) is 0 Å². The van der Waals surface area contributed by atoms with Gasteiger partial charge in [0.05, 0.1) is 10.0 Å². The maximum atomic E-state index is 6.23. The fourth-order valence-corrected chi connectivity index (χ4v) is 4.01. The predicted molar refractivity (Wildman–Crippen MR) is 96.2 cm³/mol. The summed E-state index contributed by atoms with van der Waals surface area (Å²) < 4.78 is 0. The molecule has 0 nitrogen and oxygen atoms in total. The van der Waals surface area contributed by atoms with E-state index in [0.717, 1.165) is 5.92 Å². The lowest BCUT2D eigenvalue weighted by molar-refractivity contribution is 0.477. The van der Waals surface area contributed by atoms with Crippen molar-refractivity contribution in [1.29, 1.82) is 0 Å². The average Bonchev–Trinajstić information content (AvgIpc) is 2.55. The quantitative estimate of drug-likeness (QED) is 0.555. The second-order valence-corrected chi connectivity index (χ2v) is 7.09. The van der Waals surface area contributed by atoms with Gasteiger partial charge in [-0.1, -0.05) is 73.3 Å². The third-order valence-electron chi connectivity index (χ3n) is 4.87. The van der Waals surface area contributed by atoms with Crippen LogP contribution in [0.15, 0.2) is 42.5 Å². The van der Waals surface area contributed by atoms with Crippen molar-refractivity contribution in [3.05, 3.63) is 69.2 Å². The lowest BCUT2D eigenvalue weighted by Crippen LogP contribution is -2.15. The number of hydrogen-bond donors (Lipinski definition) is 0. The van der Waals surface area contributed by atoms with Gasteiger partial charge < -0.3 is 0 Å². The monoisotopic (exact) mass is 332 g/mol. The van der Waals surface area contributed by atoms with E-state index in [1.54, 1.807) is 5.56 Å². The van der Waals surface area contributed by atoms with Crippen LogP contribution in [0.25, 0.3) is 0 Å². The largest absolute Gasteiger partial charge is 0.0827 e. The number of rotatable bonds is 4. The zero-order chi connectivity index (χ0) is 15.5. The topological polar surface area (TPSA) is 0 Å². The van der Waals surface area contributed by atoms with Crippen molar-refractivity contribution >= 4 is 23.2 Å². The number of unbranched alkanes of at least 4 members (excludes halogenated alkanes) is 1. The first-order valence-corrected chi connectivity index (χ1v) is 9.00.